The number of benzene rings is 2. The third-order valence-corrected chi connectivity index (χ3v) is 6.36. The highest BCUT2D eigenvalue weighted by atomic mass is 35.5. The quantitative estimate of drug-likeness (QED) is 0.658. The van der Waals surface area contributed by atoms with Gasteiger partial charge in [-0.15, -0.1) is 0 Å². The summed E-state index contributed by atoms with van der Waals surface area (Å²) in [5, 5.41) is 1.34. The normalized spacial score (nSPS) is 14.7. The second kappa shape index (κ2) is 7.81. The molecular weight excluding hydrogens is 422 g/mol. The molecule has 2 heterocycles. The molecule has 1 fully saturated rings. The van der Waals surface area contributed by atoms with Crippen molar-refractivity contribution in [2.75, 3.05) is 18.0 Å². The van der Waals surface area contributed by atoms with E-state index in [0.717, 1.165) is 43.5 Å². The molecule has 0 aliphatic carbocycles. The van der Waals surface area contributed by atoms with E-state index in [-0.39, 0.29) is 12.4 Å². The van der Waals surface area contributed by atoms with E-state index in [1.165, 1.54) is 0 Å². The maximum absolute atomic E-state index is 13.9. The molecule has 0 saturated carbocycles. The van der Waals surface area contributed by atoms with Crippen LogP contribution in [0.15, 0.2) is 41.3 Å². The first-order chi connectivity index (χ1) is 13.8. The lowest BCUT2D eigenvalue weighted by Crippen LogP contribution is -2.26. The number of aromatic nitrogens is 2. The van der Waals surface area contributed by atoms with Crippen molar-refractivity contribution < 1.29 is 17.2 Å². The topological polar surface area (TPSA) is 75.2 Å². The van der Waals surface area contributed by atoms with E-state index in [1.54, 1.807) is 18.2 Å². The predicted molar refractivity (Wildman–Crippen MR) is 106 cm³/mol. The van der Waals surface area contributed by atoms with Crippen LogP contribution in [0, 0.1) is 11.6 Å². The van der Waals surface area contributed by atoms with Gasteiger partial charge in [-0.3, -0.25) is 0 Å². The Labute approximate surface area is 171 Å². The molecule has 1 aliphatic rings. The molecule has 152 valence electrons. The fourth-order valence-electron chi connectivity index (χ4n) is 3.31. The molecule has 1 aromatic heterocycles. The second-order valence-corrected chi connectivity index (χ2v) is 8.89. The summed E-state index contributed by atoms with van der Waals surface area (Å²) in [6, 6.07) is 7.52. The van der Waals surface area contributed by atoms with Gasteiger partial charge in [0, 0.05) is 29.6 Å². The summed E-state index contributed by atoms with van der Waals surface area (Å²) in [6.07, 6.45) is 2.08. The molecule has 0 amide bonds. The molecule has 1 saturated heterocycles. The fourth-order valence-corrected chi connectivity index (χ4v) is 4.52. The zero-order valence-electron chi connectivity index (χ0n) is 15.2. The molecule has 29 heavy (non-hydrogen) atoms. The highest BCUT2D eigenvalue weighted by Gasteiger charge is 2.22. The van der Waals surface area contributed by atoms with Crippen molar-refractivity contribution in [1.29, 1.82) is 0 Å². The zero-order chi connectivity index (χ0) is 20.6. The molecular formula is C19H17ClF2N4O2S. The number of nitrogens with zero attached hydrogens (tertiary/aromatic N) is 3. The van der Waals surface area contributed by atoms with Crippen molar-refractivity contribution in [3.05, 3.63) is 58.9 Å². The first-order valence-corrected chi connectivity index (χ1v) is 10.9. The predicted octanol–water partition coefficient (Wildman–Crippen LogP) is 3.64. The molecule has 3 aromatic rings. The Bertz CT molecular complexity index is 1180. The smallest absolute Gasteiger partial charge is 0.243 e. The van der Waals surface area contributed by atoms with Crippen LogP contribution in [0.25, 0.3) is 10.9 Å². The van der Waals surface area contributed by atoms with Crippen LogP contribution in [0.4, 0.5) is 14.6 Å². The number of hydrogen-bond donors (Lipinski definition) is 1. The van der Waals surface area contributed by atoms with E-state index < -0.39 is 26.6 Å². The first kappa shape index (κ1) is 19.9. The fraction of sp³-hybridized carbons (Fsp3) is 0.263. The van der Waals surface area contributed by atoms with Gasteiger partial charge in [0.25, 0.3) is 0 Å². The Morgan fingerprint density at radius 1 is 1.07 bits per heavy atom. The van der Waals surface area contributed by atoms with Crippen LogP contribution in [0.3, 0.4) is 0 Å². The van der Waals surface area contributed by atoms with Gasteiger partial charge in [0.1, 0.15) is 28.2 Å². The van der Waals surface area contributed by atoms with Crippen molar-refractivity contribution >= 4 is 38.3 Å². The molecule has 1 N–H and O–H groups in total. The minimum atomic E-state index is -4.20. The maximum Gasteiger partial charge on any atom is 0.243 e. The Morgan fingerprint density at radius 2 is 1.83 bits per heavy atom. The molecule has 1 aliphatic heterocycles. The zero-order valence-corrected chi connectivity index (χ0v) is 16.8. The van der Waals surface area contributed by atoms with Crippen molar-refractivity contribution in [2.24, 2.45) is 0 Å². The van der Waals surface area contributed by atoms with Gasteiger partial charge in [0.05, 0.1) is 12.1 Å². The lowest BCUT2D eigenvalue weighted by atomic mass is 10.2. The molecule has 0 spiro atoms. The van der Waals surface area contributed by atoms with Crippen LogP contribution in [-0.4, -0.2) is 31.5 Å². The Morgan fingerprint density at radius 3 is 2.55 bits per heavy atom. The molecule has 0 unspecified atom stereocenters. The van der Waals surface area contributed by atoms with E-state index in [2.05, 4.69) is 19.6 Å². The Hall–Kier alpha value is -2.36. The highest BCUT2D eigenvalue weighted by molar-refractivity contribution is 7.89. The van der Waals surface area contributed by atoms with Crippen LogP contribution in [0.2, 0.25) is 5.02 Å². The highest BCUT2D eigenvalue weighted by Crippen LogP contribution is 2.29. The standard InChI is InChI=1S/C19H17ClF2N4O2S/c20-12-3-5-16-14(9-12)19(26-7-1-2-8-26)25-18(24-16)11-23-29(27,28)17-6-4-13(21)10-15(17)22/h3-6,9-10,23H,1-2,7-8,11H2. The van der Waals surface area contributed by atoms with Gasteiger partial charge in [-0.05, 0) is 43.2 Å². The minimum absolute atomic E-state index is 0.238. The SMILES string of the molecule is O=S(=O)(NCc1nc(N2CCCC2)c2cc(Cl)ccc2n1)c1ccc(F)cc1F. The summed E-state index contributed by atoms with van der Waals surface area (Å²) >= 11 is 6.12. The van der Waals surface area contributed by atoms with E-state index >= 15 is 0 Å². The molecule has 2 aromatic carbocycles. The maximum atomic E-state index is 13.9. The summed E-state index contributed by atoms with van der Waals surface area (Å²) in [6.45, 7) is 1.44. The molecule has 10 heteroatoms. The second-order valence-electron chi connectivity index (χ2n) is 6.72. The van der Waals surface area contributed by atoms with Gasteiger partial charge >= 0.3 is 0 Å². The average molecular weight is 439 g/mol. The summed E-state index contributed by atoms with van der Waals surface area (Å²) in [5.74, 6) is -1.08. The van der Waals surface area contributed by atoms with Crippen molar-refractivity contribution in [1.82, 2.24) is 14.7 Å². The van der Waals surface area contributed by atoms with E-state index in [0.29, 0.717) is 22.4 Å². The van der Waals surface area contributed by atoms with Crippen LogP contribution in [0.5, 0.6) is 0 Å². The molecule has 0 radical (unpaired) electrons. The van der Waals surface area contributed by atoms with Crippen LogP contribution < -0.4 is 9.62 Å². The van der Waals surface area contributed by atoms with Crippen molar-refractivity contribution in [2.45, 2.75) is 24.3 Å². The van der Waals surface area contributed by atoms with Crippen molar-refractivity contribution in [3.63, 3.8) is 0 Å². The van der Waals surface area contributed by atoms with Crippen LogP contribution in [-0.2, 0) is 16.6 Å². The minimum Gasteiger partial charge on any atom is -0.356 e. The Kier molecular flexibility index (Phi) is 5.37. The third-order valence-electron chi connectivity index (χ3n) is 4.69. The summed E-state index contributed by atoms with van der Waals surface area (Å²) in [4.78, 5) is 10.4. The van der Waals surface area contributed by atoms with E-state index in [4.69, 9.17) is 11.6 Å². The number of sulfonamides is 1. The first-order valence-electron chi connectivity index (χ1n) is 8.99. The third kappa shape index (κ3) is 4.17. The van der Waals surface area contributed by atoms with Crippen molar-refractivity contribution in [3.8, 4) is 0 Å². The molecule has 0 atom stereocenters. The van der Waals surface area contributed by atoms with Gasteiger partial charge < -0.3 is 4.90 Å². The number of halogens is 3. The number of hydrogen-bond acceptors (Lipinski definition) is 5. The van der Waals surface area contributed by atoms with Crippen LogP contribution >= 0.6 is 11.6 Å². The van der Waals surface area contributed by atoms with Crippen LogP contribution in [0.1, 0.15) is 18.7 Å². The lowest BCUT2D eigenvalue weighted by molar-refractivity contribution is 0.542. The van der Waals surface area contributed by atoms with Gasteiger partial charge in [0.2, 0.25) is 10.0 Å². The lowest BCUT2D eigenvalue weighted by Gasteiger charge is -2.19. The molecule has 4 rings (SSSR count). The summed E-state index contributed by atoms with van der Waals surface area (Å²) in [5.41, 5.74) is 0.633. The monoisotopic (exact) mass is 438 g/mol. The van der Waals surface area contributed by atoms with Gasteiger partial charge in [-0.2, -0.15) is 0 Å². The van der Waals surface area contributed by atoms with E-state index in [1.807, 2.05) is 0 Å². The summed E-state index contributed by atoms with van der Waals surface area (Å²) in [7, 11) is -4.20. The molecule has 6 nitrogen and oxygen atoms in total. The van der Waals surface area contributed by atoms with Gasteiger partial charge in [0.15, 0.2) is 0 Å². The number of fused-ring (bicyclic) bond motifs is 1. The average Bonchev–Trinajstić information content (AvgIpc) is 3.20. The number of nitrogens with one attached hydrogen (secondary N) is 1. The molecule has 0 bridgehead atoms. The summed E-state index contributed by atoms with van der Waals surface area (Å²) < 4.78 is 54.1. The number of anilines is 1. The van der Waals surface area contributed by atoms with Gasteiger partial charge in [-0.1, -0.05) is 11.6 Å². The van der Waals surface area contributed by atoms with Gasteiger partial charge in [-0.25, -0.2) is 31.9 Å². The van der Waals surface area contributed by atoms with E-state index in [9.17, 15) is 17.2 Å². The number of rotatable bonds is 5. The Balaban J connectivity index is 1.66. The largest absolute Gasteiger partial charge is 0.356 e.